The second-order valence-electron chi connectivity index (χ2n) is 8.58. The number of allylic oxidation sites excluding steroid dienone is 1. The van der Waals surface area contributed by atoms with Gasteiger partial charge in [0.05, 0.1) is 5.57 Å². The van der Waals surface area contributed by atoms with Crippen LogP contribution in [0.1, 0.15) is 29.2 Å². The van der Waals surface area contributed by atoms with Crippen LogP contribution in [0.15, 0.2) is 60.3 Å². The predicted octanol–water partition coefficient (Wildman–Crippen LogP) is 4.90. The first-order chi connectivity index (χ1) is 15.9. The third kappa shape index (κ3) is 4.19. The van der Waals surface area contributed by atoms with Crippen molar-refractivity contribution < 1.29 is 13.6 Å². The highest BCUT2D eigenvalue weighted by Crippen LogP contribution is 2.35. The lowest BCUT2D eigenvalue weighted by molar-refractivity contribution is -0.110. The second kappa shape index (κ2) is 8.33. The van der Waals surface area contributed by atoms with E-state index in [1.165, 1.54) is 12.1 Å². The highest BCUT2D eigenvalue weighted by atomic mass is 19.2. The van der Waals surface area contributed by atoms with Gasteiger partial charge in [-0.2, -0.15) is 0 Å². The van der Waals surface area contributed by atoms with E-state index < -0.39 is 11.6 Å². The number of benzene rings is 3. The SMILES string of the molecule is C/C(Nc1ccc(CN2CCc3cc(F)c(F)cc3C2)cc1)=C1/C(=O)Nc2ccc(N)cc21. The Morgan fingerprint density at radius 1 is 1.06 bits per heavy atom. The van der Waals surface area contributed by atoms with Gasteiger partial charge in [0.15, 0.2) is 11.6 Å². The van der Waals surface area contributed by atoms with Crippen LogP contribution in [0.25, 0.3) is 5.57 Å². The van der Waals surface area contributed by atoms with E-state index >= 15 is 0 Å². The summed E-state index contributed by atoms with van der Waals surface area (Å²) in [7, 11) is 0. The van der Waals surface area contributed by atoms with Gasteiger partial charge in [0.1, 0.15) is 0 Å². The van der Waals surface area contributed by atoms with Crippen molar-refractivity contribution in [2.45, 2.75) is 26.4 Å². The number of fused-ring (bicyclic) bond motifs is 2. The van der Waals surface area contributed by atoms with E-state index in [-0.39, 0.29) is 5.91 Å². The van der Waals surface area contributed by atoms with E-state index in [1.807, 2.05) is 37.3 Å². The Morgan fingerprint density at radius 2 is 1.79 bits per heavy atom. The fourth-order valence-corrected chi connectivity index (χ4v) is 4.53. The average molecular weight is 447 g/mol. The minimum Gasteiger partial charge on any atom is -0.399 e. The maximum Gasteiger partial charge on any atom is 0.258 e. The van der Waals surface area contributed by atoms with Gasteiger partial charge in [0.2, 0.25) is 0 Å². The number of carbonyl (C=O) groups excluding carboxylic acids is 1. The van der Waals surface area contributed by atoms with Gasteiger partial charge >= 0.3 is 0 Å². The summed E-state index contributed by atoms with van der Waals surface area (Å²) in [5.74, 6) is -1.73. The number of amides is 1. The van der Waals surface area contributed by atoms with E-state index in [0.717, 1.165) is 45.9 Å². The van der Waals surface area contributed by atoms with Crippen LogP contribution in [0.5, 0.6) is 0 Å². The van der Waals surface area contributed by atoms with Crippen molar-refractivity contribution >= 4 is 28.5 Å². The van der Waals surface area contributed by atoms with Crippen molar-refractivity contribution in [2.24, 2.45) is 0 Å². The van der Waals surface area contributed by atoms with Gasteiger partial charge in [-0.05, 0) is 72.5 Å². The lowest BCUT2D eigenvalue weighted by Gasteiger charge is -2.29. The molecular weight excluding hydrogens is 422 g/mol. The Labute approximate surface area is 190 Å². The molecule has 2 heterocycles. The van der Waals surface area contributed by atoms with Crippen LogP contribution in [0.3, 0.4) is 0 Å². The Morgan fingerprint density at radius 3 is 2.55 bits per heavy atom. The largest absolute Gasteiger partial charge is 0.399 e. The van der Waals surface area contributed by atoms with Crippen molar-refractivity contribution in [3.8, 4) is 0 Å². The zero-order valence-electron chi connectivity index (χ0n) is 18.2. The molecule has 2 aliphatic rings. The van der Waals surface area contributed by atoms with Crippen LogP contribution in [-0.2, 0) is 24.3 Å². The maximum atomic E-state index is 13.6. The summed E-state index contributed by atoms with van der Waals surface area (Å²) >= 11 is 0. The lowest BCUT2D eigenvalue weighted by atomic mass is 9.99. The van der Waals surface area contributed by atoms with Crippen LogP contribution in [0.4, 0.5) is 25.8 Å². The number of nitrogens with zero attached hydrogens (tertiary/aromatic N) is 1. The quantitative estimate of drug-likeness (QED) is 0.394. The molecular formula is C26H24F2N4O. The first kappa shape index (κ1) is 21.2. The Hall–Kier alpha value is -3.71. The molecule has 0 saturated carbocycles. The number of hydrogen-bond donors (Lipinski definition) is 3. The summed E-state index contributed by atoms with van der Waals surface area (Å²) in [6.07, 6.45) is 0.701. The van der Waals surface area contributed by atoms with E-state index in [1.54, 1.807) is 12.1 Å². The first-order valence-corrected chi connectivity index (χ1v) is 10.8. The fourth-order valence-electron chi connectivity index (χ4n) is 4.53. The number of halogens is 2. The molecule has 0 unspecified atom stereocenters. The molecule has 0 aliphatic carbocycles. The molecule has 0 aromatic heterocycles. The third-order valence-electron chi connectivity index (χ3n) is 6.19. The molecule has 0 spiro atoms. The van der Waals surface area contributed by atoms with Gasteiger partial charge < -0.3 is 16.4 Å². The monoisotopic (exact) mass is 446 g/mol. The van der Waals surface area contributed by atoms with Gasteiger partial charge in [-0.15, -0.1) is 0 Å². The minimum absolute atomic E-state index is 0.154. The molecule has 3 aromatic rings. The molecule has 168 valence electrons. The maximum absolute atomic E-state index is 13.6. The highest BCUT2D eigenvalue weighted by molar-refractivity contribution is 6.32. The lowest BCUT2D eigenvalue weighted by Crippen LogP contribution is -2.30. The average Bonchev–Trinajstić information content (AvgIpc) is 3.11. The van der Waals surface area contributed by atoms with Crippen LogP contribution < -0.4 is 16.4 Å². The fraction of sp³-hybridized carbons (Fsp3) is 0.192. The number of carbonyl (C=O) groups is 1. The number of rotatable bonds is 4. The van der Waals surface area contributed by atoms with E-state index in [9.17, 15) is 13.6 Å². The number of hydrogen-bond acceptors (Lipinski definition) is 4. The minimum atomic E-state index is -0.795. The van der Waals surface area contributed by atoms with E-state index in [4.69, 9.17) is 5.73 Å². The molecule has 7 heteroatoms. The Bertz CT molecular complexity index is 1280. The normalized spacial score (nSPS) is 16.8. The molecule has 5 rings (SSSR count). The van der Waals surface area contributed by atoms with E-state index in [2.05, 4.69) is 15.5 Å². The van der Waals surface area contributed by atoms with Crippen LogP contribution >= 0.6 is 0 Å². The van der Waals surface area contributed by atoms with Crippen molar-refractivity contribution in [3.05, 3.63) is 94.2 Å². The topological polar surface area (TPSA) is 70.4 Å². The zero-order valence-corrected chi connectivity index (χ0v) is 18.2. The van der Waals surface area contributed by atoms with Crippen LogP contribution in [0, 0.1) is 11.6 Å². The molecule has 33 heavy (non-hydrogen) atoms. The number of nitrogens with two attached hydrogens (primary N) is 1. The number of nitrogen functional groups attached to an aromatic ring is 1. The summed E-state index contributed by atoms with van der Waals surface area (Å²) in [5.41, 5.74) is 13.1. The van der Waals surface area contributed by atoms with Crippen molar-refractivity contribution in [1.82, 2.24) is 4.90 Å². The summed E-state index contributed by atoms with van der Waals surface area (Å²) in [6, 6.07) is 16.0. The molecule has 0 saturated heterocycles. The van der Waals surface area contributed by atoms with Gasteiger partial charge in [-0.1, -0.05) is 12.1 Å². The molecule has 0 atom stereocenters. The summed E-state index contributed by atoms with van der Waals surface area (Å²) in [4.78, 5) is 14.7. The Kier molecular flexibility index (Phi) is 5.34. The summed E-state index contributed by atoms with van der Waals surface area (Å²) in [5, 5.41) is 6.18. The molecule has 0 bridgehead atoms. The first-order valence-electron chi connectivity index (χ1n) is 10.8. The summed E-state index contributed by atoms with van der Waals surface area (Å²) in [6.45, 7) is 3.97. The molecule has 0 radical (unpaired) electrons. The van der Waals surface area contributed by atoms with Crippen LogP contribution in [0.2, 0.25) is 0 Å². The molecule has 3 aromatic carbocycles. The predicted molar refractivity (Wildman–Crippen MR) is 126 cm³/mol. The number of anilines is 3. The zero-order chi connectivity index (χ0) is 23.1. The summed E-state index contributed by atoms with van der Waals surface area (Å²) < 4.78 is 27.1. The van der Waals surface area contributed by atoms with Gasteiger partial charge in [-0.3, -0.25) is 9.69 Å². The molecule has 4 N–H and O–H groups in total. The third-order valence-corrected chi connectivity index (χ3v) is 6.19. The van der Waals surface area contributed by atoms with Crippen LogP contribution in [-0.4, -0.2) is 17.4 Å². The molecule has 1 amide bonds. The van der Waals surface area contributed by atoms with E-state index in [0.29, 0.717) is 30.8 Å². The molecule has 5 nitrogen and oxygen atoms in total. The standard InChI is InChI=1S/C26H24F2N4O/c1-15(25-21-12-19(29)4-7-24(21)31-26(25)33)30-20-5-2-16(3-6-20)13-32-9-8-17-10-22(27)23(28)11-18(17)14-32/h2-7,10-12,30H,8-9,13-14,29H2,1H3,(H,31,33)/b25-15-. The van der Waals surface area contributed by atoms with Crippen molar-refractivity contribution in [1.29, 1.82) is 0 Å². The van der Waals surface area contributed by atoms with Gasteiger partial charge in [-0.25, -0.2) is 8.78 Å². The highest BCUT2D eigenvalue weighted by Gasteiger charge is 2.26. The Balaban J connectivity index is 1.28. The molecule has 0 fully saturated rings. The van der Waals surface area contributed by atoms with Crippen molar-refractivity contribution in [2.75, 3.05) is 22.9 Å². The van der Waals surface area contributed by atoms with Gasteiger partial charge in [0, 0.05) is 48.0 Å². The smallest absolute Gasteiger partial charge is 0.258 e. The second-order valence-corrected chi connectivity index (χ2v) is 8.58. The number of nitrogens with one attached hydrogen (secondary N) is 2. The van der Waals surface area contributed by atoms with Crippen molar-refractivity contribution in [3.63, 3.8) is 0 Å². The van der Waals surface area contributed by atoms with Gasteiger partial charge in [0.25, 0.3) is 5.91 Å². The molecule has 2 aliphatic heterocycles.